The molecule has 0 aromatic rings. The largest absolute Gasteiger partial charge is 0.277 e. The van der Waals surface area contributed by atoms with Crippen LogP contribution in [0, 0.1) is 0 Å². The van der Waals surface area contributed by atoms with Crippen molar-refractivity contribution >= 4 is 17.3 Å². The van der Waals surface area contributed by atoms with Gasteiger partial charge in [-0.3, -0.25) is 4.99 Å². The topological polar surface area (TPSA) is 12.4 Å². The molecule has 2 unspecified atom stereocenters. The molecule has 0 saturated carbocycles. The van der Waals surface area contributed by atoms with Crippen molar-refractivity contribution < 1.29 is 0 Å². The molecular weight excluding hydrogens is 130 g/mol. The lowest BCUT2D eigenvalue weighted by Gasteiger charge is -2.10. The molecule has 0 aromatic heterocycles. The molecule has 46 valence electrons. The van der Waals surface area contributed by atoms with Crippen LogP contribution in [0.3, 0.4) is 0 Å². The Bertz CT molecular complexity index is 193. The van der Waals surface area contributed by atoms with Gasteiger partial charge in [-0.15, -0.1) is 11.8 Å². The van der Waals surface area contributed by atoms with Crippen LogP contribution in [0.5, 0.6) is 0 Å². The molecule has 0 spiro atoms. The maximum absolute atomic E-state index is 4.26. The van der Waals surface area contributed by atoms with Crippen LogP contribution in [0.4, 0.5) is 0 Å². The Balaban J connectivity index is 2.25. The van der Waals surface area contributed by atoms with Crippen molar-refractivity contribution in [3.8, 4) is 0 Å². The summed E-state index contributed by atoms with van der Waals surface area (Å²) >= 11 is 1.80. The van der Waals surface area contributed by atoms with Crippen molar-refractivity contribution in [2.75, 3.05) is 0 Å². The van der Waals surface area contributed by atoms with Crippen molar-refractivity contribution in [2.24, 2.45) is 4.99 Å². The molecule has 1 aliphatic heterocycles. The third-order valence-electron chi connectivity index (χ3n) is 1.51. The molecule has 2 aliphatic rings. The fourth-order valence-corrected chi connectivity index (χ4v) is 1.87. The fourth-order valence-electron chi connectivity index (χ4n) is 1.01. The predicted octanol–water partition coefficient (Wildman–Crippen LogP) is 1.62. The van der Waals surface area contributed by atoms with Crippen LogP contribution in [0.1, 0.15) is 0 Å². The lowest BCUT2D eigenvalue weighted by Crippen LogP contribution is -2.13. The number of rotatable bonds is 0. The van der Waals surface area contributed by atoms with E-state index in [1.807, 2.05) is 5.55 Å². The third-order valence-corrected chi connectivity index (χ3v) is 2.50. The summed E-state index contributed by atoms with van der Waals surface area (Å²) in [6, 6.07) is 0.431. The van der Waals surface area contributed by atoms with Crippen molar-refractivity contribution in [3.05, 3.63) is 24.3 Å². The van der Waals surface area contributed by atoms with Gasteiger partial charge in [0.05, 0.1) is 16.8 Å². The standard InChI is InChI=1S/C7H7NS/c1-2-4-7-6(3-1)8-5-9-7/h1-7H. The van der Waals surface area contributed by atoms with E-state index >= 15 is 0 Å². The van der Waals surface area contributed by atoms with E-state index in [0.29, 0.717) is 11.3 Å². The number of nitrogens with zero attached hydrogens (tertiary/aromatic N) is 1. The highest BCUT2D eigenvalue weighted by molar-refractivity contribution is 8.13. The van der Waals surface area contributed by atoms with Crippen LogP contribution in [0.25, 0.3) is 0 Å². The van der Waals surface area contributed by atoms with Crippen LogP contribution in [-0.4, -0.2) is 16.8 Å². The molecule has 0 saturated heterocycles. The van der Waals surface area contributed by atoms with Gasteiger partial charge in [-0.25, -0.2) is 0 Å². The van der Waals surface area contributed by atoms with E-state index in [-0.39, 0.29) is 0 Å². The lowest BCUT2D eigenvalue weighted by molar-refractivity contribution is 0.864. The number of hydrogen-bond acceptors (Lipinski definition) is 2. The molecule has 2 heteroatoms. The van der Waals surface area contributed by atoms with Crippen molar-refractivity contribution in [2.45, 2.75) is 11.3 Å². The second-order valence-electron chi connectivity index (χ2n) is 2.12. The molecule has 2 rings (SSSR count). The lowest BCUT2D eigenvalue weighted by atomic mass is 10.1. The first-order chi connectivity index (χ1) is 4.47. The van der Waals surface area contributed by atoms with Crippen molar-refractivity contribution in [1.29, 1.82) is 0 Å². The Morgan fingerprint density at radius 3 is 3.00 bits per heavy atom. The first-order valence-electron chi connectivity index (χ1n) is 2.99. The molecule has 2 atom stereocenters. The van der Waals surface area contributed by atoms with Gasteiger partial charge < -0.3 is 0 Å². The second kappa shape index (κ2) is 2.03. The van der Waals surface area contributed by atoms with Gasteiger partial charge in [-0.2, -0.15) is 0 Å². The summed E-state index contributed by atoms with van der Waals surface area (Å²) < 4.78 is 0. The van der Waals surface area contributed by atoms with E-state index in [4.69, 9.17) is 0 Å². The predicted molar refractivity (Wildman–Crippen MR) is 41.9 cm³/mol. The number of hydrogen-bond donors (Lipinski definition) is 0. The second-order valence-corrected chi connectivity index (χ2v) is 3.14. The summed E-state index contributed by atoms with van der Waals surface area (Å²) in [5.41, 5.74) is 1.94. The first-order valence-corrected chi connectivity index (χ1v) is 3.93. The van der Waals surface area contributed by atoms with E-state index in [1.165, 1.54) is 0 Å². The first kappa shape index (κ1) is 5.30. The molecule has 0 radical (unpaired) electrons. The highest BCUT2D eigenvalue weighted by Crippen LogP contribution is 2.25. The zero-order valence-electron chi connectivity index (χ0n) is 4.90. The van der Waals surface area contributed by atoms with Crippen molar-refractivity contribution in [3.63, 3.8) is 0 Å². The average Bonchev–Trinajstić information content (AvgIpc) is 2.33. The Kier molecular flexibility index (Phi) is 1.19. The van der Waals surface area contributed by atoms with Gasteiger partial charge in [0.2, 0.25) is 0 Å². The summed E-state index contributed by atoms with van der Waals surface area (Å²) in [7, 11) is 0. The minimum atomic E-state index is 0.431. The zero-order chi connectivity index (χ0) is 6.10. The monoisotopic (exact) mass is 137 g/mol. The van der Waals surface area contributed by atoms with E-state index in [2.05, 4.69) is 29.3 Å². The summed E-state index contributed by atoms with van der Waals surface area (Å²) in [6.45, 7) is 0. The Morgan fingerprint density at radius 1 is 1.22 bits per heavy atom. The van der Waals surface area contributed by atoms with Crippen LogP contribution >= 0.6 is 11.8 Å². The third kappa shape index (κ3) is 0.833. The van der Waals surface area contributed by atoms with Gasteiger partial charge in [0.25, 0.3) is 0 Å². The van der Waals surface area contributed by atoms with Crippen LogP contribution in [-0.2, 0) is 0 Å². The van der Waals surface area contributed by atoms with Gasteiger partial charge in [0.15, 0.2) is 0 Å². The molecule has 0 bridgehead atoms. The van der Waals surface area contributed by atoms with Gasteiger partial charge in [0, 0.05) is 0 Å². The molecule has 0 aromatic carbocycles. The Hall–Kier alpha value is -0.500. The highest BCUT2D eigenvalue weighted by Gasteiger charge is 2.20. The minimum absolute atomic E-state index is 0.431. The zero-order valence-corrected chi connectivity index (χ0v) is 5.71. The fraction of sp³-hybridized carbons (Fsp3) is 0.286. The Labute approximate surface area is 58.6 Å². The number of aliphatic imine (C=N–C) groups is 1. The quantitative estimate of drug-likeness (QED) is 0.494. The van der Waals surface area contributed by atoms with Gasteiger partial charge in [0.1, 0.15) is 0 Å². The maximum atomic E-state index is 4.26. The molecular formula is C7H7NS. The number of allylic oxidation sites excluding steroid dienone is 2. The number of fused-ring (bicyclic) bond motifs is 1. The van der Waals surface area contributed by atoms with Gasteiger partial charge in [-0.05, 0) is 0 Å². The minimum Gasteiger partial charge on any atom is -0.277 e. The van der Waals surface area contributed by atoms with Gasteiger partial charge in [-0.1, -0.05) is 24.3 Å². The van der Waals surface area contributed by atoms with E-state index in [9.17, 15) is 0 Å². The smallest absolute Gasteiger partial charge is 0.0846 e. The molecule has 1 aliphatic carbocycles. The van der Waals surface area contributed by atoms with Gasteiger partial charge >= 0.3 is 0 Å². The van der Waals surface area contributed by atoms with Crippen LogP contribution in [0.2, 0.25) is 0 Å². The maximum Gasteiger partial charge on any atom is 0.0846 e. The summed E-state index contributed by atoms with van der Waals surface area (Å²) in [5.74, 6) is 0. The van der Waals surface area contributed by atoms with Crippen LogP contribution in [0.15, 0.2) is 29.3 Å². The Morgan fingerprint density at radius 2 is 2.11 bits per heavy atom. The summed E-state index contributed by atoms with van der Waals surface area (Å²) in [4.78, 5) is 4.26. The SMILES string of the molecule is C1=CC2N=CSC2C=C1. The molecule has 0 amide bonds. The number of thioether (sulfide) groups is 1. The molecule has 9 heavy (non-hydrogen) atoms. The average molecular weight is 137 g/mol. The van der Waals surface area contributed by atoms with Crippen LogP contribution < -0.4 is 0 Å². The molecule has 1 heterocycles. The normalized spacial score (nSPS) is 37.3. The molecule has 0 fully saturated rings. The van der Waals surface area contributed by atoms with E-state index in [0.717, 1.165) is 0 Å². The van der Waals surface area contributed by atoms with E-state index in [1.54, 1.807) is 11.8 Å². The van der Waals surface area contributed by atoms with E-state index < -0.39 is 0 Å². The van der Waals surface area contributed by atoms with Crippen molar-refractivity contribution in [1.82, 2.24) is 0 Å². The molecule has 0 N–H and O–H groups in total. The summed E-state index contributed by atoms with van der Waals surface area (Å²) in [5, 5.41) is 0.593. The summed E-state index contributed by atoms with van der Waals surface area (Å²) in [6.07, 6.45) is 8.48. The molecule has 1 nitrogen and oxygen atoms in total. The highest BCUT2D eigenvalue weighted by atomic mass is 32.2.